The van der Waals surface area contributed by atoms with Gasteiger partial charge in [-0.3, -0.25) is 14.5 Å². The predicted octanol–water partition coefficient (Wildman–Crippen LogP) is 6.02. The Labute approximate surface area is 190 Å². The molecule has 1 amide bonds. The molecule has 1 unspecified atom stereocenters. The normalized spacial score (nSPS) is 15.6. The minimum atomic E-state index is -0.645. The van der Waals surface area contributed by atoms with Crippen LogP contribution in [-0.4, -0.2) is 10.9 Å². The summed E-state index contributed by atoms with van der Waals surface area (Å²) in [6.07, 6.45) is 1.49. The van der Waals surface area contributed by atoms with E-state index in [2.05, 4.69) is 18.8 Å². The molecule has 5 rings (SSSR count). The molecule has 0 bridgehead atoms. The van der Waals surface area contributed by atoms with Crippen molar-refractivity contribution in [1.29, 1.82) is 0 Å². The van der Waals surface area contributed by atoms with Crippen molar-refractivity contribution < 1.29 is 9.21 Å². The van der Waals surface area contributed by atoms with Crippen molar-refractivity contribution in [1.82, 2.24) is 4.98 Å². The summed E-state index contributed by atoms with van der Waals surface area (Å²) >= 11 is 6.02. The van der Waals surface area contributed by atoms with Crippen LogP contribution in [0.25, 0.3) is 11.0 Å². The van der Waals surface area contributed by atoms with Gasteiger partial charge in [-0.2, -0.15) is 0 Å². The van der Waals surface area contributed by atoms with Crippen molar-refractivity contribution in [2.24, 2.45) is 0 Å². The number of carbonyl (C=O) groups is 1. The molecule has 1 aliphatic rings. The van der Waals surface area contributed by atoms with E-state index in [-0.39, 0.29) is 11.2 Å². The lowest BCUT2D eigenvalue weighted by Crippen LogP contribution is -2.30. The Hall–Kier alpha value is -3.44. The molecule has 160 valence electrons. The second-order valence-corrected chi connectivity index (χ2v) is 8.84. The summed E-state index contributed by atoms with van der Waals surface area (Å²) in [5.41, 5.74) is 3.47. The van der Waals surface area contributed by atoms with Gasteiger partial charge in [0.05, 0.1) is 22.0 Å². The van der Waals surface area contributed by atoms with Gasteiger partial charge in [0.15, 0.2) is 5.43 Å². The van der Waals surface area contributed by atoms with E-state index in [1.807, 2.05) is 37.3 Å². The number of nitrogens with zero attached hydrogens (tertiary/aromatic N) is 2. The molecular formula is C26H21ClN2O3. The SMILES string of the molecule is Cc1ccc2oc3c(c(=O)c2c1)C(c1ccc(C(C)C)cc1)N(c1ccc(Cl)cn1)C3=O. The number of amides is 1. The van der Waals surface area contributed by atoms with Crippen molar-refractivity contribution in [3.05, 3.63) is 104 Å². The third-order valence-electron chi connectivity index (χ3n) is 5.90. The number of aromatic nitrogens is 1. The quantitative estimate of drug-likeness (QED) is 0.387. The first kappa shape index (κ1) is 20.5. The molecule has 0 N–H and O–H groups in total. The molecule has 2 aromatic heterocycles. The first-order chi connectivity index (χ1) is 15.3. The summed E-state index contributed by atoms with van der Waals surface area (Å²) in [7, 11) is 0. The van der Waals surface area contributed by atoms with Crippen LogP contribution < -0.4 is 10.3 Å². The van der Waals surface area contributed by atoms with E-state index in [4.69, 9.17) is 16.0 Å². The van der Waals surface area contributed by atoms with Gasteiger partial charge in [0, 0.05) is 6.20 Å². The summed E-state index contributed by atoms with van der Waals surface area (Å²) in [5.74, 6) is 0.435. The number of rotatable bonds is 3. The molecule has 0 spiro atoms. The first-order valence-corrected chi connectivity index (χ1v) is 10.9. The monoisotopic (exact) mass is 444 g/mol. The van der Waals surface area contributed by atoms with Crippen molar-refractivity contribution in [2.75, 3.05) is 4.90 Å². The summed E-state index contributed by atoms with van der Waals surface area (Å²) in [5, 5.41) is 0.928. The van der Waals surface area contributed by atoms with Gasteiger partial charge in [0.2, 0.25) is 5.76 Å². The van der Waals surface area contributed by atoms with Crippen LogP contribution in [0.2, 0.25) is 5.02 Å². The molecule has 6 heteroatoms. The molecular weight excluding hydrogens is 424 g/mol. The number of aryl methyl sites for hydroxylation is 1. The lowest BCUT2D eigenvalue weighted by Gasteiger charge is -2.24. The van der Waals surface area contributed by atoms with Gasteiger partial charge in [-0.25, -0.2) is 4.98 Å². The van der Waals surface area contributed by atoms with Gasteiger partial charge < -0.3 is 4.42 Å². The first-order valence-electron chi connectivity index (χ1n) is 10.5. The van der Waals surface area contributed by atoms with Gasteiger partial charge >= 0.3 is 0 Å². The van der Waals surface area contributed by atoms with E-state index in [0.717, 1.165) is 11.1 Å². The van der Waals surface area contributed by atoms with Crippen LogP contribution in [0.15, 0.2) is 70.0 Å². The van der Waals surface area contributed by atoms with Crippen molar-refractivity contribution in [3.63, 3.8) is 0 Å². The summed E-state index contributed by atoms with van der Waals surface area (Å²) in [6, 6.07) is 16.1. The molecule has 1 aliphatic heterocycles. The molecule has 4 aromatic rings. The van der Waals surface area contributed by atoms with Crippen molar-refractivity contribution in [2.45, 2.75) is 32.7 Å². The number of anilines is 1. The molecule has 3 heterocycles. The van der Waals surface area contributed by atoms with Crippen LogP contribution in [0.5, 0.6) is 0 Å². The second-order valence-electron chi connectivity index (χ2n) is 8.41. The highest BCUT2D eigenvalue weighted by atomic mass is 35.5. The van der Waals surface area contributed by atoms with Crippen LogP contribution >= 0.6 is 11.6 Å². The molecule has 0 saturated heterocycles. The number of hydrogen-bond acceptors (Lipinski definition) is 4. The molecule has 5 nitrogen and oxygen atoms in total. The summed E-state index contributed by atoms with van der Waals surface area (Å²) < 4.78 is 6.00. The van der Waals surface area contributed by atoms with Gasteiger partial charge in [0.25, 0.3) is 5.91 Å². The van der Waals surface area contributed by atoms with Crippen molar-refractivity contribution >= 4 is 34.3 Å². The molecule has 1 atom stereocenters. The molecule has 32 heavy (non-hydrogen) atoms. The number of carbonyl (C=O) groups excluding carboxylic acids is 1. The number of fused-ring (bicyclic) bond motifs is 2. The zero-order valence-corrected chi connectivity index (χ0v) is 18.7. The highest BCUT2D eigenvalue weighted by molar-refractivity contribution is 6.30. The lowest BCUT2D eigenvalue weighted by atomic mass is 9.95. The van der Waals surface area contributed by atoms with Crippen LogP contribution in [0, 0.1) is 6.92 Å². The Kier molecular flexibility index (Phi) is 4.86. The highest BCUT2D eigenvalue weighted by Crippen LogP contribution is 2.41. The van der Waals surface area contributed by atoms with Crippen molar-refractivity contribution in [3.8, 4) is 0 Å². The van der Waals surface area contributed by atoms with Crippen LogP contribution in [-0.2, 0) is 0 Å². The van der Waals surface area contributed by atoms with Crippen LogP contribution in [0.1, 0.15) is 58.6 Å². The van der Waals surface area contributed by atoms with E-state index < -0.39 is 11.9 Å². The molecule has 0 aliphatic carbocycles. The summed E-state index contributed by atoms with van der Waals surface area (Å²) in [6.45, 7) is 6.16. The third kappa shape index (κ3) is 3.21. The summed E-state index contributed by atoms with van der Waals surface area (Å²) in [4.78, 5) is 33.0. The smallest absolute Gasteiger partial charge is 0.296 e. The second kappa shape index (κ2) is 7.61. The number of pyridine rings is 1. The molecule has 0 saturated carbocycles. The zero-order chi connectivity index (χ0) is 22.6. The molecule has 0 fully saturated rings. The minimum absolute atomic E-state index is 0.0565. The minimum Gasteiger partial charge on any atom is -0.450 e. The Bertz CT molecular complexity index is 1410. The number of halogens is 1. The van der Waals surface area contributed by atoms with E-state index >= 15 is 0 Å². The van der Waals surface area contributed by atoms with Gasteiger partial charge in [0.1, 0.15) is 11.4 Å². The molecule has 2 aromatic carbocycles. The fourth-order valence-corrected chi connectivity index (χ4v) is 4.32. The van der Waals surface area contributed by atoms with Crippen LogP contribution in [0.4, 0.5) is 5.82 Å². The maximum Gasteiger partial charge on any atom is 0.296 e. The zero-order valence-electron chi connectivity index (χ0n) is 17.9. The fraction of sp³-hybridized carbons (Fsp3) is 0.192. The predicted molar refractivity (Wildman–Crippen MR) is 126 cm³/mol. The average molecular weight is 445 g/mol. The van der Waals surface area contributed by atoms with E-state index in [0.29, 0.717) is 33.3 Å². The highest BCUT2D eigenvalue weighted by Gasteiger charge is 2.44. The Morgan fingerprint density at radius 3 is 2.44 bits per heavy atom. The van der Waals surface area contributed by atoms with E-state index in [9.17, 15) is 9.59 Å². The van der Waals surface area contributed by atoms with E-state index in [1.54, 1.807) is 24.3 Å². The third-order valence-corrected chi connectivity index (χ3v) is 6.13. The van der Waals surface area contributed by atoms with Gasteiger partial charge in [-0.15, -0.1) is 0 Å². The largest absolute Gasteiger partial charge is 0.450 e. The Morgan fingerprint density at radius 1 is 1.03 bits per heavy atom. The standard InChI is InChI=1S/C26H21ClN2O3/c1-14(2)16-5-7-17(8-6-16)23-22-24(30)19-12-15(3)4-10-20(19)32-25(22)26(31)29(23)21-11-9-18(27)13-28-21/h4-14,23H,1-3H3. The number of hydrogen-bond donors (Lipinski definition) is 0. The maximum absolute atomic E-state index is 13.6. The topological polar surface area (TPSA) is 63.4 Å². The fourth-order valence-electron chi connectivity index (χ4n) is 4.21. The Morgan fingerprint density at radius 2 is 1.78 bits per heavy atom. The average Bonchev–Trinajstić information content (AvgIpc) is 3.07. The molecule has 0 radical (unpaired) electrons. The Balaban J connectivity index is 1.78. The maximum atomic E-state index is 13.6. The lowest BCUT2D eigenvalue weighted by molar-refractivity contribution is 0.0970. The number of benzene rings is 2. The van der Waals surface area contributed by atoms with E-state index in [1.165, 1.54) is 16.7 Å². The van der Waals surface area contributed by atoms with Gasteiger partial charge in [-0.05, 0) is 48.2 Å². The van der Waals surface area contributed by atoms with Gasteiger partial charge in [-0.1, -0.05) is 61.3 Å². The van der Waals surface area contributed by atoms with Crippen LogP contribution in [0.3, 0.4) is 0 Å².